The normalized spacial score (nSPS) is 17.3. The van der Waals surface area contributed by atoms with Gasteiger partial charge in [0.05, 0.1) is 30.3 Å². The van der Waals surface area contributed by atoms with E-state index < -0.39 is 5.91 Å². The molecule has 0 unspecified atom stereocenters. The summed E-state index contributed by atoms with van der Waals surface area (Å²) in [4.78, 5) is 18.5. The van der Waals surface area contributed by atoms with Crippen LogP contribution in [-0.4, -0.2) is 44.4 Å². The number of rotatable bonds is 4. The van der Waals surface area contributed by atoms with Crippen LogP contribution in [0.15, 0.2) is 45.3 Å². The Kier molecular flexibility index (Phi) is 5.57. The van der Waals surface area contributed by atoms with Gasteiger partial charge in [0.25, 0.3) is 5.91 Å². The Bertz CT molecular complexity index is 1150. The highest BCUT2D eigenvalue weighted by Gasteiger charge is 2.37. The van der Waals surface area contributed by atoms with Crippen LogP contribution in [0.4, 0.5) is 0 Å². The molecule has 0 radical (unpaired) electrons. The predicted molar refractivity (Wildman–Crippen MR) is 125 cm³/mol. The fourth-order valence-electron chi connectivity index (χ4n) is 3.50. The topological polar surface area (TPSA) is 83.0 Å². The van der Waals surface area contributed by atoms with E-state index in [1.54, 1.807) is 18.1 Å². The van der Waals surface area contributed by atoms with Crippen LogP contribution in [0.2, 0.25) is 0 Å². The Morgan fingerprint density at radius 3 is 2.80 bits per heavy atom. The van der Waals surface area contributed by atoms with Crippen LogP contribution in [-0.2, 0) is 4.79 Å². The fourth-order valence-corrected chi connectivity index (χ4v) is 5.07. The zero-order valence-corrected chi connectivity index (χ0v) is 18.7. The second-order valence-corrected chi connectivity index (χ2v) is 8.63. The lowest BCUT2D eigenvalue weighted by Crippen LogP contribution is -2.41. The van der Waals surface area contributed by atoms with Crippen molar-refractivity contribution in [3.05, 3.63) is 52.9 Å². The first kappa shape index (κ1) is 20.5. The van der Waals surface area contributed by atoms with E-state index in [1.165, 1.54) is 11.8 Å². The number of para-hydroxylation sites is 2. The van der Waals surface area contributed by atoms with Gasteiger partial charge in [0.2, 0.25) is 5.17 Å². The Hall–Kier alpha value is -2.78. The van der Waals surface area contributed by atoms with Crippen LogP contribution < -0.4 is 4.74 Å². The van der Waals surface area contributed by atoms with Gasteiger partial charge in [0.1, 0.15) is 11.6 Å². The van der Waals surface area contributed by atoms with Crippen LogP contribution in [0.3, 0.4) is 0 Å². The molecular formula is C21H21N5O2S2. The molecule has 0 fully saturated rings. The number of fused-ring (bicyclic) bond motifs is 1. The van der Waals surface area contributed by atoms with Crippen molar-refractivity contribution in [2.45, 2.75) is 20.8 Å². The van der Waals surface area contributed by atoms with E-state index in [2.05, 4.69) is 14.0 Å². The molecule has 30 heavy (non-hydrogen) atoms. The molecule has 3 heterocycles. The quantitative estimate of drug-likeness (QED) is 0.563. The number of hydrogen-bond donors (Lipinski definition) is 1. The second kappa shape index (κ2) is 8.16. The third-order valence-corrected chi connectivity index (χ3v) is 6.50. The van der Waals surface area contributed by atoms with E-state index >= 15 is 0 Å². The number of aliphatic imine (C=N–C) groups is 1. The molecule has 1 aromatic carbocycles. The van der Waals surface area contributed by atoms with E-state index in [1.807, 2.05) is 51.1 Å². The molecule has 154 valence electrons. The molecule has 0 bridgehead atoms. The third-order valence-electron chi connectivity index (χ3n) is 4.86. The lowest BCUT2D eigenvalue weighted by Gasteiger charge is -2.24. The van der Waals surface area contributed by atoms with Crippen molar-refractivity contribution >= 4 is 51.9 Å². The number of amidine groups is 3. The molecule has 0 saturated heterocycles. The van der Waals surface area contributed by atoms with Crippen LogP contribution in [0.1, 0.15) is 23.9 Å². The number of aromatic nitrogens is 1. The first-order chi connectivity index (χ1) is 14.5. The largest absolute Gasteiger partial charge is 0.495 e. The second-order valence-electron chi connectivity index (χ2n) is 6.67. The molecule has 0 atom stereocenters. The number of nitrogens with zero attached hydrogens (tertiary/aromatic N) is 4. The summed E-state index contributed by atoms with van der Waals surface area (Å²) in [5.41, 5.74) is 4.00. The van der Waals surface area contributed by atoms with E-state index in [-0.39, 0.29) is 11.4 Å². The molecule has 2 aromatic rings. The minimum Gasteiger partial charge on any atom is -0.495 e. The molecule has 9 heteroatoms. The van der Waals surface area contributed by atoms with Crippen molar-refractivity contribution < 1.29 is 9.53 Å². The number of hydrogen-bond acceptors (Lipinski definition) is 6. The van der Waals surface area contributed by atoms with Gasteiger partial charge in [-0.3, -0.25) is 10.2 Å². The van der Waals surface area contributed by atoms with Gasteiger partial charge in [0.15, 0.2) is 5.17 Å². The number of methoxy groups -OCH3 is 1. The molecule has 4 rings (SSSR count). The average molecular weight is 440 g/mol. The van der Waals surface area contributed by atoms with Gasteiger partial charge in [-0.25, -0.2) is 4.90 Å². The molecule has 1 aromatic heterocycles. The first-order valence-electron chi connectivity index (χ1n) is 9.40. The third kappa shape index (κ3) is 3.37. The maximum Gasteiger partial charge on any atom is 0.283 e. The van der Waals surface area contributed by atoms with Gasteiger partial charge in [0, 0.05) is 11.4 Å². The van der Waals surface area contributed by atoms with E-state index in [9.17, 15) is 4.79 Å². The molecule has 0 spiro atoms. The molecule has 7 nitrogen and oxygen atoms in total. The van der Waals surface area contributed by atoms with Crippen molar-refractivity contribution in [3.8, 4) is 11.4 Å². The number of amides is 1. The number of carbonyl (C=O) groups excluding carboxylic acids is 1. The molecule has 0 saturated carbocycles. The molecule has 1 amide bonds. The molecule has 2 aliphatic heterocycles. The first-order valence-corrected chi connectivity index (χ1v) is 11.2. The number of thioether (sulfide) groups is 1. The maximum absolute atomic E-state index is 12.7. The summed E-state index contributed by atoms with van der Waals surface area (Å²) in [6.45, 7) is 6.02. The zero-order chi connectivity index (χ0) is 21.4. The lowest BCUT2D eigenvalue weighted by molar-refractivity contribution is -0.114. The maximum atomic E-state index is 12.7. The number of ether oxygens (including phenoxy) is 1. The highest BCUT2D eigenvalue weighted by Crippen LogP contribution is 2.33. The molecule has 0 aliphatic carbocycles. The summed E-state index contributed by atoms with van der Waals surface area (Å²) in [5, 5.41) is 9.77. The highest BCUT2D eigenvalue weighted by molar-refractivity contribution is 8.19. The van der Waals surface area contributed by atoms with Gasteiger partial charge in [-0.1, -0.05) is 30.8 Å². The molecule has 2 aliphatic rings. The number of aryl methyl sites for hydroxylation is 1. The zero-order valence-electron chi connectivity index (χ0n) is 17.1. The van der Waals surface area contributed by atoms with E-state index in [0.29, 0.717) is 10.3 Å². The Balaban J connectivity index is 1.77. The van der Waals surface area contributed by atoms with Gasteiger partial charge in [-0.15, -0.1) is 0 Å². The fraction of sp³-hybridized carbons (Fsp3) is 0.238. The number of carbonyl (C=O) groups is 1. The van der Waals surface area contributed by atoms with Crippen molar-refractivity contribution in [2.75, 3.05) is 12.9 Å². The minimum absolute atomic E-state index is 0.108. The van der Waals surface area contributed by atoms with Gasteiger partial charge in [-0.2, -0.15) is 9.39 Å². The van der Waals surface area contributed by atoms with Crippen LogP contribution >= 0.6 is 23.7 Å². The van der Waals surface area contributed by atoms with E-state index in [0.717, 1.165) is 46.1 Å². The van der Waals surface area contributed by atoms with Gasteiger partial charge in [-0.05, 0) is 49.4 Å². The van der Waals surface area contributed by atoms with E-state index in [4.69, 9.17) is 10.1 Å². The Labute approximate surface area is 183 Å². The van der Waals surface area contributed by atoms with Crippen molar-refractivity contribution in [2.24, 2.45) is 9.39 Å². The van der Waals surface area contributed by atoms with Crippen molar-refractivity contribution in [1.82, 2.24) is 9.47 Å². The summed E-state index contributed by atoms with van der Waals surface area (Å²) in [5.74, 6) is 1.28. The van der Waals surface area contributed by atoms with Crippen LogP contribution in [0.5, 0.6) is 5.75 Å². The summed E-state index contributed by atoms with van der Waals surface area (Å²) in [6, 6.07) is 9.80. The van der Waals surface area contributed by atoms with Crippen LogP contribution in [0, 0.1) is 19.3 Å². The monoisotopic (exact) mass is 439 g/mol. The number of nitrogens with one attached hydrogen (secondary N) is 1. The Morgan fingerprint density at radius 1 is 1.30 bits per heavy atom. The van der Waals surface area contributed by atoms with Gasteiger partial charge >= 0.3 is 0 Å². The summed E-state index contributed by atoms with van der Waals surface area (Å²) in [7, 11) is 1.65. The molecule has 1 N–H and O–H groups in total. The highest BCUT2D eigenvalue weighted by atomic mass is 32.2. The lowest BCUT2D eigenvalue weighted by atomic mass is 10.1. The Morgan fingerprint density at radius 2 is 2.07 bits per heavy atom. The predicted octanol–water partition coefficient (Wildman–Crippen LogP) is 4.43. The summed E-state index contributed by atoms with van der Waals surface area (Å²) in [6.07, 6.45) is 1.75. The van der Waals surface area contributed by atoms with Crippen molar-refractivity contribution in [3.63, 3.8) is 0 Å². The SMILES string of the molecule is CCSC1=NSC2=NC(=O)/C(=C\c3cc(C)n(-c4ccccc4OC)c3C)C(=N)N12. The number of benzene rings is 1. The summed E-state index contributed by atoms with van der Waals surface area (Å²) >= 11 is 2.66. The van der Waals surface area contributed by atoms with Gasteiger partial charge < -0.3 is 9.30 Å². The average Bonchev–Trinajstić information content (AvgIpc) is 3.25. The minimum atomic E-state index is -0.418. The van der Waals surface area contributed by atoms with Crippen LogP contribution in [0.25, 0.3) is 11.8 Å². The smallest absolute Gasteiger partial charge is 0.283 e. The molecular weight excluding hydrogens is 418 g/mol. The van der Waals surface area contributed by atoms with Crippen molar-refractivity contribution in [1.29, 1.82) is 5.41 Å². The standard InChI is InChI=1S/C21H21N5O2S2/c1-5-29-21-24-30-20-23-19(27)15(18(22)26(20)21)11-14-10-12(2)25(13(14)3)16-8-6-7-9-17(16)28-4/h6-11,22H,5H2,1-4H3/b15-11-,22-18?. The summed E-state index contributed by atoms with van der Waals surface area (Å²) < 4.78 is 11.9.